The average Bonchev–Trinajstić information content (AvgIpc) is 2.28. The first-order valence-corrected chi connectivity index (χ1v) is 5.00. The zero-order valence-electron chi connectivity index (χ0n) is 9.21. The van der Waals surface area contributed by atoms with Crippen molar-refractivity contribution in [3.8, 4) is 16.9 Å². The maximum Gasteiger partial charge on any atom is 0.131 e. The molecule has 0 aromatic heterocycles. The first-order chi connectivity index (χ1) is 8.10. The van der Waals surface area contributed by atoms with Gasteiger partial charge in [-0.25, -0.2) is 8.78 Å². The van der Waals surface area contributed by atoms with Gasteiger partial charge in [-0.3, -0.25) is 0 Å². The zero-order valence-corrected chi connectivity index (χ0v) is 9.21. The monoisotopic (exact) mass is 235 g/mol. The van der Waals surface area contributed by atoms with Crippen molar-refractivity contribution in [3.05, 3.63) is 48.0 Å². The molecule has 0 unspecified atom stereocenters. The Morgan fingerprint density at radius 2 is 1.82 bits per heavy atom. The minimum atomic E-state index is -0.498. The second kappa shape index (κ2) is 4.41. The van der Waals surface area contributed by atoms with Crippen molar-refractivity contribution < 1.29 is 13.5 Å². The topological polar surface area (TPSA) is 35.2 Å². The molecule has 0 bridgehead atoms. The molecule has 2 rings (SSSR count). The molecule has 4 heteroatoms. The molecular weight excluding hydrogens is 224 g/mol. The first-order valence-electron chi connectivity index (χ1n) is 5.00. The summed E-state index contributed by atoms with van der Waals surface area (Å²) >= 11 is 0. The van der Waals surface area contributed by atoms with Gasteiger partial charge in [-0.15, -0.1) is 0 Å². The molecule has 0 aliphatic heterocycles. The number of hydrogen-bond donors (Lipinski definition) is 1. The van der Waals surface area contributed by atoms with E-state index in [1.165, 1.54) is 43.5 Å². The molecule has 0 saturated heterocycles. The first kappa shape index (κ1) is 11.4. The van der Waals surface area contributed by atoms with Crippen molar-refractivity contribution in [2.75, 3.05) is 12.8 Å². The number of nitrogen functional groups attached to an aromatic ring is 1. The molecule has 0 radical (unpaired) electrons. The van der Waals surface area contributed by atoms with Crippen LogP contribution in [0.4, 0.5) is 14.5 Å². The standard InChI is InChI=1S/C13H11F2NO/c1-17-11-2-3-13(15)12(7-11)8-4-9(14)6-10(16)5-8/h2-7H,16H2,1H3. The van der Waals surface area contributed by atoms with E-state index in [2.05, 4.69) is 0 Å². The SMILES string of the molecule is COc1ccc(F)c(-c2cc(N)cc(F)c2)c1. The quantitative estimate of drug-likeness (QED) is 0.811. The van der Waals surface area contributed by atoms with Gasteiger partial charge in [-0.05, 0) is 42.0 Å². The fourth-order valence-electron chi connectivity index (χ4n) is 1.62. The summed E-state index contributed by atoms with van der Waals surface area (Å²) < 4.78 is 31.8. The molecule has 0 aliphatic carbocycles. The third-order valence-corrected chi connectivity index (χ3v) is 2.40. The van der Waals surface area contributed by atoms with Gasteiger partial charge in [0.05, 0.1) is 7.11 Å². The van der Waals surface area contributed by atoms with Crippen molar-refractivity contribution in [1.29, 1.82) is 0 Å². The normalized spacial score (nSPS) is 10.3. The summed E-state index contributed by atoms with van der Waals surface area (Å²) in [5.74, 6) is -0.442. The Morgan fingerprint density at radius 3 is 2.47 bits per heavy atom. The van der Waals surface area contributed by atoms with Gasteiger partial charge in [-0.1, -0.05) is 0 Å². The van der Waals surface area contributed by atoms with E-state index in [-0.39, 0.29) is 11.3 Å². The van der Waals surface area contributed by atoms with Gasteiger partial charge in [0.2, 0.25) is 0 Å². The molecule has 0 atom stereocenters. The van der Waals surface area contributed by atoms with Crippen LogP contribution in [-0.4, -0.2) is 7.11 Å². The van der Waals surface area contributed by atoms with Crippen LogP contribution < -0.4 is 10.5 Å². The van der Waals surface area contributed by atoms with E-state index in [4.69, 9.17) is 10.5 Å². The summed E-state index contributed by atoms with van der Waals surface area (Å²) in [5, 5.41) is 0. The van der Waals surface area contributed by atoms with E-state index in [1.807, 2.05) is 0 Å². The lowest BCUT2D eigenvalue weighted by molar-refractivity contribution is 0.414. The Balaban J connectivity index is 2.58. The maximum absolute atomic E-state index is 13.6. The van der Waals surface area contributed by atoms with Crippen LogP contribution in [0.5, 0.6) is 5.75 Å². The lowest BCUT2D eigenvalue weighted by atomic mass is 10.0. The highest BCUT2D eigenvalue weighted by molar-refractivity contribution is 5.69. The average molecular weight is 235 g/mol. The smallest absolute Gasteiger partial charge is 0.131 e. The largest absolute Gasteiger partial charge is 0.497 e. The molecule has 2 aromatic rings. The molecule has 2 nitrogen and oxygen atoms in total. The summed E-state index contributed by atoms with van der Waals surface area (Å²) in [7, 11) is 1.48. The molecule has 0 heterocycles. The molecule has 88 valence electrons. The van der Waals surface area contributed by atoms with E-state index < -0.39 is 11.6 Å². The number of ether oxygens (including phenoxy) is 1. The lowest BCUT2D eigenvalue weighted by Crippen LogP contribution is -1.92. The van der Waals surface area contributed by atoms with Crippen molar-refractivity contribution >= 4 is 5.69 Å². The van der Waals surface area contributed by atoms with Crippen LogP contribution in [0.2, 0.25) is 0 Å². The number of halogens is 2. The van der Waals surface area contributed by atoms with E-state index in [0.717, 1.165) is 0 Å². The van der Waals surface area contributed by atoms with Crippen molar-refractivity contribution in [1.82, 2.24) is 0 Å². The Labute approximate surface area is 97.6 Å². The van der Waals surface area contributed by atoms with Crippen LogP contribution in [0.25, 0.3) is 11.1 Å². The van der Waals surface area contributed by atoms with Gasteiger partial charge >= 0.3 is 0 Å². The predicted molar refractivity (Wildman–Crippen MR) is 62.8 cm³/mol. The number of benzene rings is 2. The highest BCUT2D eigenvalue weighted by atomic mass is 19.1. The Bertz CT molecular complexity index is 535. The van der Waals surface area contributed by atoms with Crippen LogP contribution in [0, 0.1) is 11.6 Å². The van der Waals surface area contributed by atoms with Gasteiger partial charge in [0.1, 0.15) is 17.4 Å². The number of anilines is 1. The van der Waals surface area contributed by atoms with Crippen LogP contribution >= 0.6 is 0 Å². The molecule has 0 saturated carbocycles. The van der Waals surface area contributed by atoms with Gasteiger partial charge in [-0.2, -0.15) is 0 Å². The Hall–Kier alpha value is -2.10. The maximum atomic E-state index is 13.6. The molecule has 2 aromatic carbocycles. The molecular formula is C13H11F2NO. The lowest BCUT2D eigenvalue weighted by Gasteiger charge is -2.07. The highest BCUT2D eigenvalue weighted by Crippen LogP contribution is 2.28. The van der Waals surface area contributed by atoms with E-state index in [1.54, 1.807) is 0 Å². The van der Waals surface area contributed by atoms with Crippen molar-refractivity contribution in [3.63, 3.8) is 0 Å². The Kier molecular flexibility index (Phi) is 2.95. The second-order valence-corrected chi connectivity index (χ2v) is 3.62. The number of nitrogens with two attached hydrogens (primary N) is 1. The van der Waals surface area contributed by atoms with Crippen LogP contribution in [0.15, 0.2) is 36.4 Å². The molecule has 2 N–H and O–H groups in total. The van der Waals surface area contributed by atoms with E-state index in [0.29, 0.717) is 11.3 Å². The van der Waals surface area contributed by atoms with Crippen molar-refractivity contribution in [2.45, 2.75) is 0 Å². The molecule has 0 spiro atoms. The summed E-state index contributed by atoms with van der Waals surface area (Å²) in [6.45, 7) is 0. The third kappa shape index (κ3) is 2.36. The molecule has 0 amide bonds. The van der Waals surface area contributed by atoms with Crippen LogP contribution in [0.3, 0.4) is 0 Å². The van der Waals surface area contributed by atoms with Gasteiger partial charge in [0, 0.05) is 11.3 Å². The summed E-state index contributed by atoms with van der Waals surface area (Å²) in [4.78, 5) is 0. The van der Waals surface area contributed by atoms with Gasteiger partial charge in [0.25, 0.3) is 0 Å². The Morgan fingerprint density at radius 1 is 1.06 bits per heavy atom. The summed E-state index contributed by atoms with van der Waals surface area (Å²) in [6.07, 6.45) is 0. The minimum absolute atomic E-state index is 0.252. The van der Waals surface area contributed by atoms with Crippen LogP contribution in [0.1, 0.15) is 0 Å². The van der Waals surface area contributed by atoms with Crippen LogP contribution in [-0.2, 0) is 0 Å². The second-order valence-electron chi connectivity index (χ2n) is 3.62. The van der Waals surface area contributed by atoms with Gasteiger partial charge in [0.15, 0.2) is 0 Å². The fraction of sp³-hybridized carbons (Fsp3) is 0.0769. The van der Waals surface area contributed by atoms with E-state index >= 15 is 0 Å². The highest BCUT2D eigenvalue weighted by Gasteiger charge is 2.08. The van der Waals surface area contributed by atoms with Gasteiger partial charge < -0.3 is 10.5 Å². The number of hydrogen-bond acceptors (Lipinski definition) is 2. The minimum Gasteiger partial charge on any atom is -0.497 e. The molecule has 0 aliphatic rings. The summed E-state index contributed by atoms with van der Waals surface area (Å²) in [6, 6.07) is 8.21. The molecule has 0 fully saturated rings. The zero-order chi connectivity index (χ0) is 12.4. The fourth-order valence-corrected chi connectivity index (χ4v) is 1.62. The third-order valence-electron chi connectivity index (χ3n) is 2.40. The van der Waals surface area contributed by atoms with E-state index in [9.17, 15) is 8.78 Å². The predicted octanol–water partition coefficient (Wildman–Crippen LogP) is 3.22. The summed E-state index contributed by atoms with van der Waals surface area (Å²) in [5.41, 5.74) is 6.42. The van der Waals surface area contributed by atoms with Crippen molar-refractivity contribution in [2.24, 2.45) is 0 Å². The molecule has 17 heavy (non-hydrogen) atoms. The number of methoxy groups -OCH3 is 1. The number of rotatable bonds is 2.